The molecule has 0 saturated carbocycles. The van der Waals surface area contributed by atoms with Gasteiger partial charge in [-0.2, -0.15) is 0 Å². The number of para-hydroxylation sites is 1. The molecule has 0 aliphatic carbocycles. The number of benzene rings is 3. The van der Waals surface area contributed by atoms with E-state index in [9.17, 15) is 4.79 Å². The third-order valence-corrected chi connectivity index (χ3v) is 6.33. The third kappa shape index (κ3) is 3.90. The first-order valence-electron chi connectivity index (χ1n) is 11.2. The van der Waals surface area contributed by atoms with Gasteiger partial charge in [-0.1, -0.05) is 30.3 Å². The number of amides is 2. The van der Waals surface area contributed by atoms with Crippen LogP contribution in [0.1, 0.15) is 22.9 Å². The van der Waals surface area contributed by atoms with Crippen LogP contribution in [-0.4, -0.2) is 43.8 Å². The molecule has 7 nitrogen and oxygen atoms in total. The Labute approximate surface area is 198 Å². The van der Waals surface area contributed by atoms with E-state index in [0.717, 1.165) is 28.9 Å². The van der Waals surface area contributed by atoms with Gasteiger partial charge in [0.25, 0.3) is 0 Å². The summed E-state index contributed by atoms with van der Waals surface area (Å²) in [6.07, 6.45) is 0.765. The molecule has 3 aromatic carbocycles. The summed E-state index contributed by atoms with van der Waals surface area (Å²) < 4.78 is 16.1. The Morgan fingerprint density at radius 2 is 1.59 bits per heavy atom. The molecule has 1 aliphatic rings. The topological polar surface area (TPSA) is 75.8 Å². The van der Waals surface area contributed by atoms with Crippen LogP contribution in [0.25, 0.3) is 10.9 Å². The Morgan fingerprint density at radius 1 is 0.912 bits per heavy atom. The number of ether oxygens (including phenoxy) is 3. The van der Waals surface area contributed by atoms with Crippen LogP contribution in [-0.2, 0) is 6.42 Å². The maximum Gasteiger partial charge on any atom is 0.322 e. The van der Waals surface area contributed by atoms with Crippen molar-refractivity contribution in [1.29, 1.82) is 0 Å². The predicted molar refractivity (Wildman–Crippen MR) is 132 cm³/mol. The van der Waals surface area contributed by atoms with E-state index in [1.54, 1.807) is 39.5 Å². The maximum absolute atomic E-state index is 13.6. The van der Waals surface area contributed by atoms with Crippen molar-refractivity contribution in [2.45, 2.75) is 12.5 Å². The minimum atomic E-state index is -0.269. The van der Waals surface area contributed by atoms with Crippen LogP contribution in [0.3, 0.4) is 0 Å². The van der Waals surface area contributed by atoms with E-state index in [-0.39, 0.29) is 12.1 Å². The third-order valence-electron chi connectivity index (χ3n) is 6.33. The van der Waals surface area contributed by atoms with Crippen molar-refractivity contribution in [3.05, 3.63) is 83.6 Å². The second-order valence-corrected chi connectivity index (χ2v) is 8.21. The monoisotopic (exact) mass is 457 g/mol. The predicted octanol–water partition coefficient (Wildman–Crippen LogP) is 5.37. The second-order valence-electron chi connectivity index (χ2n) is 8.21. The number of anilines is 1. The first-order chi connectivity index (χ1) is 16.6. The van der Waals surface area contributed by atoms with E-state index in [0.29, 0.717) is 23.7 Å². The SMILES string of the molecule is COc1ccc([C@H]2c3[nH]c4ccccc4c3CCN2C(=O)Nc2cc(OC)cc(OC)c2)cc1. The van der Waals surface area contributed by atoms with Gasteiger partial charge in [-0.15, -0.1) is 0 Å². The average Bonchev–Trinajstić information content (AvgIpc) is 3.26. The summed E-state index contributed by atoms with van der Waals surface area (Å²) >= 11 is 0. The molecule has 0 bridgehead atoms. The number of carbonyl (C=O) groups is 1. The number of urea groups is 1. The Bertz CT molecular complexity index is 1310. The van der Waals surface area contributed by atoms with Gasteiger partial charge >= 0.3 is 6.03 Å². The molecule has 34 heavy (non-hydrogen) atoms. The molecule has 0 spiro atoms. The lowest BCUT2D eigenvalue weighted by Crippen LogP contribution is -2.43. The highest BCUT2D eigenvalue weighted by atomic mass is 16.5. The molecule has 174 valence electrons. The number of aromatic amines is 1. The van der Waals surface area contributed by atoms with E-state index < -0.39 is 0 Å². The average molecular weight is 458 g/mol. The van der Waals surface area contributed by atoms with Crippen LogP contribution in [0.4, 0.5) is 10.5 Å². The molecular formula is C27H27N3O4. The van der Waals surface area contributed by atoms with E-state index in [4.69, 9.17) is 14.2 Å². The summed E-state index contributed by atoms with van der Waals surface area (Å²) in [5.74, 6) is 1.99. The Balaban J connectivity index is 1.54. The zero-order valence-corrected chi connectivity index (χ0v) is 19.4. The lowest BCUT2D eigenvalue weighted by atomic mass is 9.92. The molecule has 0 fully saturated rings. The van der Waals surface area contributed by atoms with Crippen molar-refractivity contribution in [2.75, 3.05) is 33.2 Å². The van der Waals surface area contributed by atoms with Crippen molar-refractivity contribution in [3.8, 4) is 17.2 Å². The molecule has 2 heterocycles. The van der Waals surface area contributed by atoms with Crippen LogP contribution in [0, 0.1) is 0 Å². The minimum absolute atomic E-state index is 0.194. The van der Waals surface area contributed by atoms with Gasteiger partial charge < -0.3 is 29.4 Å². The molecule has 1 aliphatic heterocycles. The zero-order valence-electron chi connectivity index (χ0n) is 19.4. The molecule has 0 unspecified atom stereocenters. The molecule has 1 aromatic heterocycles. The molecular weight excluding hydrogens is 430 g/mol. The number of carbonyl (C=O) groups excluding carboxylic acids is 1. The fourth-order valence-electron chi connectivity index (χ4n) is 4.67. The molecule has 7 heteroatoms. The number of rotatable bonds is 5. The number of hydrogen-bond acceptors (Lipinski definition) is 4. The fraction of sp³-hybridized carbons (Fsp3) is 0.222. The Hall–Kier alpha value is -4.13. The van der Waals surface area contributed by atoms with Gasteiger partial charge in [0.2, 0.25) is 0 Å². The number of methoxy groups -OCH3 is 3. The first-order valence-corrected chi connectivity index (χ1v) is 11.2. The van der Waals surface area contributed by atoms with Crippen molar-refractivity contribution < 1.29 is 19.0 Å². The van der Waals surface area contributed by atoms with Gasteiger partial charge in [0, 0.05) is 47.0 Å². The van der Waals surface area contributed by atoms with Crippen molar-refractivity contribution in [3.63, 3.8) is 0 Å². The highest BCUT2D eigenvalue weighted by Gasteiger charge is 2.34. The van der Waals surface area contributed by atoms with E-state index in [1.807, 2.05) is 41.3 Å². The summed E-state index contributed by atoms with van der Waals surface area (Å²) in [4.78, 5) is 19.0. The molecule has 1 atom stereocenters. The summed E-state index contributed by atoms with van der Waals surface area (Å²) in [6.45, 7) is 0.582. The van der Waals surface area contributed by atoms with Crippen molar-refractivity contribution in [2.24, 2.45) is 0 Å². The van der Waals surface area contributed by atoms with Gasteiger partial charge in [0.15, 0.2) is 0 Å². The smallest absolute Gasteiger partial charge is 0.322 e. The molecule has 4 aromatic rings. The van der Waals surface area contributed by atoms with Gasteiger partial charge in [-0.25, -0.2) is 4.79 Å². The number of hydrogen-bond donors (Lipinski definition) is 2. The number of fused-ring (bicyclic) bond motifs is 3. The molecule has 0 saturated heterocycles. The lowest BCUT2D eigenvalue weighted by Gasteiger charge is -2.36. The maximum atomic E-state index is 13.6. The van der Waals surface area contributed by atoms with Crippen LogP contribution < -0.4 is 19.5 Å². The van der Waals surface area contributed by atoms with Crippen LogP contribution in [0.5, 0.6) is 17.2 Å². The quantitative estimate of drug-likeness (QED) is 0.422. The van der Waals surface area contributed by atoms with E-state index >= 15 is 0 Å². The Morgan fingerprint density at radius 3 is 2.26 bits per heavy atom. The number of aromatic nitrogens is 1. The van der Waals surface area contributed by atoms with Gasteiger partial charge in [0.1, 0.15) is 17.2 Å². The minimum Gasteiger partial charge on any atom is -0.497 e. The first kappa shape index (κ1) is 21.7. The molecule has 2 amide bonds. The highest BCUT2D eigenvalue weighted by Crippen LogP contribution is 2.39. The molecule has 5 rings (SSSR count). The Kier molecular flexibility index (Phi) is 5.76. The zero-order chi connectivity index (χ0) is 23.7. The van der Waals surface area contributed by atoms with Crippen molar-refractivity contribution >= 4 is 22.6 Å². The largest absolute Gasteiger partial charge is 0.497 e. The molecule has 2 N–H and O–H groups in total. The second kappa shape index (κ2) is 9.02. The van der Waals surface area contributed by atoms with Crippen LogP contribution in [0.15, 0.2) is 66.7 Å². The van der Waals surface area contributed by atoms with Crippen LogP contribution in [0.2, 0.25) is 0 Å². The summed E-state index contributed by atoms with van der Waals surface area (Å²) in [6, 6.07) is 21.0. The van der Waals surface area contributed by atoms with Gasteiger partial charge in [0.05, 0.1) is 27.4 Å². The summed E-state index contributed by atoms with van der Waals surface area (Å²) in [5, 5.41) is 4.24. The molecule has 0 radical (unpaired) electrons. The lowest BCUT2D eigenvalue weighted by molar-refractivity contribution is 0.193. The summed E-state index contributed by atoms with van der Waals surface area (Å²) in [5.41, 5.74) is 4.98. The van der Waals surface area contributed by atoms with Crippen LogP contribution >= 0.6 is 0 Å². The fourth-order valence-corrected chi connectivity index (χ4v) is 4.67. The number of H-pyrrole nitrogens is 1. The van der Waals surface area contributed by atoms with E-state index in [2.05, 4.69) is 22.4 Å². The number of nitrogens with zero attached hydrogens (tertiary/aromatic N) is 1. The van der Waals surface area contributed by atoms with Gasteiger partial charge in [-0.3, -0.25) is 0 Å². The normalized spacial score (nSPS) is 15.0. The standard InChI is InChI=1S/C27H27N3O4/c1-32-19-10-8-17(9-11-19)26-25-23(22-6-4-5-7-24(22)29-25)12-13-30(26)27(31)28-18-14-20(33-2)16-21(15-18)34-3/h4-11,14-16,26,29H,12-13H2,1-3H3,(H,28,31)/t26-/m0/s1. The highest BCUT2D eigenvalue weighted by molar-refractivity contribution is 5.92. The van der Waals surface area contributed by atoms with E-state index in [1.165, 1.54) is 10.9 Å². The number of nitrogens with one attached hydrogen (secondary N) is 2. The van der Waals surface area contributed by atoms with Gasteiger partial charge in [-0.05, 0) is 35.7 Å². The van der Waals surface area contributed by atoms with Crippen molar-refractivity contribution in [1.82, 2.24) is 9.88 Å². The summed E-state index contributed by atoms with van der Waals surface area (Å²) in [7, 11) is 4.82.